The predicted molar refractivity (Wildman–Crippen MR) is 139 cm³/mol. The van der Waals surface area contributed by atoms with Crippen LogP contribution >= 0.6 is 11.3 Å². The maximum absolute atomic E-state index is 12.6. The first-order valence-electron chi connectivity index (χ1n) is 11.9. The van der Waals surface area contributed by atoms with Crippen LogP contribution in [0.2, 0.25) is 0 Å². The van der Waals surface area contributed by atoms with Gasteiger partial charge in [-0.2, -0.15) is 5.10 Å². The van der Waals surface area contributed by atoms with Crippen molar-refractivity contribution in [1.82, 2.24) is 30.0 Å². The second kappa shape index (κ2) is 9.52. The molecule has 1 fully saturated rings. The van der Waals surface area contributed by atoms with Crippen LogP contribution < -0.4 is 5.32 Å². The van der Waals surface area contributed by atoms with E-state index in [1.165, 1.54) is 4.88 Å². The smallest absolute Gasteiger partial charge is 0.228 e. The Kier molecular flexibility index (Phi) is 6.43. The summed E-state index contributed by atoms with van der Waals surface area (Å²) in [6.45, 7) is 10.4. The second-order valence-corrected chi connectivity index (χ2v) is 11.1. The lowest BCUT2D eigenvalue weighted by molar-refractivity contribution is -0.141. The summed E-state index contributed by atoms with van der Waals surface area (Å²) in [5.41, 5.74) is 2.39. The van der Waals surface area contributed by atoms with Crippen molar-refractivity contribution in [3.05, 3.63) is 35.3 Å². The summed E-state index contributed by atoms with van der Waals surface area (Å²) in [7, 11) is 0. The van der Waals surface area contributed by atoms with E-state index in [0.29, 0.717) is 12.4 Å². The highest BCUT2D eigenvalue weighted by molar-refractivity contribution is 7.19. The number of benzene rings is 1. The first-order valence-corrected chi connectivity index (χ1v) is 12.7. The Morgan fingerprint density at radius 2 is 2.00 bits per heavy atom. The summed E-state index contributed by atoms with van der Waals surface area (Å²) in [6, 6.07) is 8.08. The molecule has 4 heterocycles. The number of amides is 1. The van der Waals surface area contributed by atoms with E-state index in [-0.39, 0.29) is 17.9 Å². The van der Waals surface area contributed by atoms with Gasteiger partial charge in [-0.3, -0.25) is 14.8 Å². The number of fused-ring (bicyclic) bond motifs is 2. The molecular formula is C25H31N7O2S. The van der Waals surface area contributed by atoms with Gasteiger partial charge in [0.05, 0.1) is 28.5 Å². The molecule has 1 amide bonds. The van der Waals surface area contributed by atoms with Gasteiger partial charge >= 0.3 is 0 Å². The molecule has 0 saturated carbocycles. The van der Waals surface area contributed by atoms with Crippen molar-refractivity contribution in [2.45, 2.75) is 27.3 Å². The number of H-pyrrole nitrogens is 1. The van der Waals surface area contributed by atoms with Gasteiger partial charge in [-0.05, 0) is 12.1 Å². The van der Waals surface area contributed by atoms with Gasteiger partial charge in [-0.25, -0.2) is 9.97 Å². The van der Waals surface area contributed by atoms with Crippen molar-refractivity contribution in [2.24, 2.45) is 5.41 Å². The van der Waals surface area contributed by atoms with Gasteiger partial charge in [-0.1, -0.05) is 32.9 Å². The van der Waals surface area contributed by atoms with Crippen LogP contribution in [0.1, 0.15) is 25.6 Å². The summed E-state index contributed by atoms with van der Waals surface area (Å²) in [5, 5.41) is 20.8. The van der Waals surface area contributed by atoms with E-state index in [1.807, 2.05) is 43.9 Å². The molecule has 35 heavy (non-hydrogen) atoms. The molecule has 1 aromatic carbocycles. The molecule has 0 atom stereocenters. The van der Waals surface area contributed by atoms with Gasteiger partial charge in [-0.15, -0.1) is 11.3 Å². The summed E-state index contributed by atoms with van der Waals surface area (Å²) in [5.74, 6) is 1.58. The largest absolute Gasteiger partial charge is 0.395 e. The van der Waals surface area contributed by atoms with Crippen LogP contribution in [0, 0.1) is 5.41 Å². The topological polar surface area (TPSA) is 110 Å². The minimum absolute atomic E-state index is 0.0218. The lowest BCUT2D eigenvalue weighted by Crippen LogP contribution is -2.51. The van der Waals surface area contributed by atoms with Crippen LogP contribution in [0.5, 0.6) is 0 Å². The normalized spacial score (nSPS) is 15.3. The van der Waals surface area contributed by atoms with Crippen LogP contribution in [-0.2, 0) is 11.3 Å². The van der Waals surface area contributed by atoms with E-state index in [2.05, 4.69) is 26.5 Å². The van der Waals surface area contributed by atoms with Crippen molar-refractivity contribution in [2.75, 3.05) is 44.6 Å². The van der Waals surface area contributed by atoms with Gasteiger partial charge < -0.3 is 15.3 Å². The summed E-state index contributed by atoms with van der Waals surface area (Å²) in [6.07, 6.45) is 1.79. The summed E-state index contributed by atoms with van der Waals surface area (Å²) < 4.78 is 0.984. The van der Waals surface area contributed by atoms with Gasteiger partial charge in [0.2, 0.25) is 5.91 Å². The third kappa shape index (κ3) is 4.86. The van der Waals surface area contributed by atoms with Crippen LogP contribution in [0.3, 0.4) is 0 Å². The van der Waals surface area contributed by atoms with Gasteiger partial charge in [0.1, 0.15) is 5.82 Å². The molecule has 0 spiro atoms. The lowest BCUT2D eigenvalue weighted by atomic mass is 9.94. The SMILES string of the molecule is CC(C)(C)C(=O)N1CCN(Cc2cc3nc(-c4cccc5[nH]ncc45)nc(NCCO)c3s2)CC1. The number of aliphatic hydroxyl groups is 1. The van der Waals surface area contributed by atoms with Crippen LogP contribution in [-0.4, -0.2) is 80.3 Å². The Morgan fingerprint density at radius 3 is 2.74 bits per heavy atom. The van der Waals surface area contributed by atoms with E-state index in [4.69, 9.17) is 9.97 Å². The number of aromatic amines is 1. The fraction of sp³-hybridized carbons (Fsp3) is 0.440. The number of anilines is 1. The van der Waals surface area contributed by atoms with E-state index in [9.17, 15) is 9.90 Å². The number of carbonyl (C=O) groups is 1. The molecule has 1 aliphatic rings. The van der Waals surface area contributed by atoms with E-state index >= 15 is 0 Å². The van der Waals surface area contributed by atoms with Crippen LogP contribution in [0.15, 0.2) is 30.5 Å². The predicted octanol–water partition coefficient (Wildman–Crippen LogP) is 3.33. The number of nitrogens with zero attached hydrogens (tertiary/aromatic N) is 5. The molecule has 1 aliphatic heterocycles. The minimum atomic E-state index is -0.344. The summed E-state index contributed by atoms with van der Waals surface area (Å²) in [4.78, 5) is 27.9. The number of aliphatic hydroxyl groups excluding tert-OH is 1. The molecule has 0 radical (unpaired) electrons. The lowest BCUT2D eigenvalue weighted by Gasteiger charge is -2.37. The average Bonchev–Trinajstić information content (AvgIpc) is 3.48. The average molecular weight is 494 g/mol. The molecule has 9 nitrogen and oxygen atoms in total. The zero-order valence-electron chi connectivity index (χ0n) is 20.3. The third-order valence-electron chi connectivity index (χ3n) is 6.23. The Hall–Kier alpha value is -3.08. The molecule has 0 bridgehead atoms. The monoisotopic (exact) mass is 493 g/mol. The van der Waals surface area contributed by atoms with Crippen LogP contribution in [0.25, 0.3) is 32.5 Å². The van der Waals surface area contributed by atoms with Crippen molar-refractivity contribution in [3.63, 3.8) is 0 Å². The van der Waals surface area contributed by atoms with Crippen LogP contribution in [0.4, 0.5) is 5.82 Å². The maximum atomic E-state index is 12.6. The molecule has 3 N–H and O–H groups in total. The Morgan fingerprint density at radius 1 is 1.20 bits per heavy atom. The number of rotatable bonds is 6. The second-order valence-electron chi connectivity index (χ2n) is 9.93. The molecule has 5 rings (SSSR count). The number of carbonyl (C=O) groups excluding carboxylic acids is 1. The van der Waals surface area contributed by atoms with E-state index in [0.717, 1.165) is 65.2 Å². The van der Waals surface area contributed by atoms with Crippen molar-refractivity contribution >= 4 is 44.2 Å². The highest BCUT2D eigenvalue weighted by Gasteiger charge is 2.29. The summed E-state index contributed by atoms with van der Waals surface area (Å²) >= 11 is 1.68. The van der Waals surface area contributed by atoms with Crippen molar-refractivity contribution in [1.29, 1.82) is 0 Å². The first kappa shape index (κ1) is 23.7. The molecule has 1 saturated heterocycles. The standard InChI is InChI=1S/C25H31N7O2S/c1-25(2,3)24(34)32-10-8-31(9-11-32)15-16-13-20-21(35-16)23(26-7-12-33)29-22(28-20)17-5-4-6-19-18(17)14-27-30-19/h4-6,13-14,33H,7-12,15H2,1-3H3,(H,27,30)(H,26,28,29). The fourth-order valence-corrected chi connectivity index (χ4v) is 5.54. The number of hydrogen-bond donors (Lipinski definition) is 3. The zero-order chi connectivity index (χ0) is 24.6. The Labute approximate surface area is 208 Å². The van der Waals surface area contributed by atoms with Crippen molar-refractivity contribution < 1.29 is 9.90 Å². The van der Waals surface area contributed by atoms with Gasteiger partial charge in [0.25, 0.3) is 0 Å². The molecular weight excluding hydrogens is 462 g/mol. The quantitative estimate of drug-likeness (QED) is 0.378. The fourth-order valence-electron chi connectivity index (χ4n) is 4.44. The number of hydrogen-bond acceptors (Lipinski definition) is 8. The molecule has 0 unspecified atom stereocenters. The molecule has 10 heteroatoms. The Balaban J connectivity index is 1.40. The van der Waals surface area contributed by atoms with Gasteiger partial charge in [0, 0.05) is 60.5 Å². The highest BCUT2D eigenvalue weighted by atomic mass is 32.1. The number of thiophene rings is 1. The molecule has 3 aromatic heterocycles. The Bertz CT molecular complexity index is 1350. The maximum Gasteiger partial charge on any atom is 0.228 e. The van der Waals surface area contributed by atoms with Crippen molar-refractivity contribution in [3.8, 4) is 11.4 Å². The molecule has 184 valence electrons. The number of nitrogens with one attached hydrogen (secondary N) is 2. The zero-order valence-corrected chi connectivity index (χ0v) is 21.2. The first-order chi connectivity index (χ1) is 16.8. The van der Waals surface area contributed by atoms with Gasteiger partial charge in [0.15, 0.2) is 5.82 Å². The van der Waals surface area contributed by atoms with E-state index in [1.54, 1.807) is 17.5 Å². The highest BCUT2D eigenvalue weighted by Crippen LogP contribution is 2.34. The van der Waals surface area contributed by atoms with E-state index < -0.39 is 0 Å². The number of piperazine rings is 1. The number of aromatic nitrogens is 4. The minimum Gasteiger partial charge on any atom is -0.395 e. The third-order valence-corrected chi connectivity index (χ3v) is 7.35. The molecule has 4 aromatic rings. The molecule has 0 aliphatic carbocycles.